The van der Waals surface area contributed by atoms with Gasteiger partial charge in [-0.15, -0.1) is 11.8 Å². The Morgan fingerprint density at radius 1 is 1.55 bits per heavy atom. The van der Waals surface area contributed by atoms with Crippen LogP contribution in [0.15, 0.2) is 11.0 Å². The van der Waals surface area contributed by atoms with Crippen LogP contribution >= 0.6 is 11.8 Å². The standard InChI is InChI=1S/C7H10O3S/c1-3-11-5(2)4-6(8)7(9)10/h4H,3H2,1-2H3,(H,9,10)/b5-4+. The van der Waals surface area contributed by atoms with E-state index in [0.29, 0.717) is 0 Å². The first-order chi connectivity index (χ1) is 5.07. The predicted molar refractivity (Wildman–Crippen MR) is 44.5 cm³/mol. The number of carbonyl (C=O) groups is 2. The minimum absolute atomic E-state index is 0.736. The molecule has 0 spiro atoms. The summed E-state index contributed by atoms with van der Waals surface area (Å²) in [5, 5.41) is 8.20. The normalized spacial score (nSPS) is 11.3. The molecule has 0 saturated carbocycles. The average molecular weight is 174 g/mol. The summed E-state index contributed by atoms with van der Waals surface area (Å²) in [6.07, 6.45) is 1.14. The number of thioether (sulfide) groups is 1. The summed E-state index contributed by atoms with van der Waals surface area (Å²) in [6, 6.07) is 0. The van der Waals surface area contributed by atoms with Crippen LogP contribution < -0.4 is 0 Å². The number of carboxylic acids is 1. The van der Waals surface area contributed by atoms with Gasteiger partial charge in [0.1, 0.15) is 0 Å². The Hall–Kier alpha value is -0.770. The fourth-order valence-corrected chi connectivity index (χ4v) is 1.16. The Morgan fingerprint density at radius 2 is 2.09 bits per heavy atom. The van der Waals surface area contributed by atoms with Crippen molar-refractivity contribution >= 4 is 23.5 Å². The Kier molecular flexibility index (Phi) is 4.61. The van der Waals surface area contributed by atoms with Gasteiger partial charge >= 0.3 is 5.97 Å². The lowest BCUT2D eigenvalue weighted by Gasteiger charge is -1.93. The highest BCUT2D eigenvalue weighted by atomic mass is 32.2. The van der Waals surface area contributed by atoms with Gasteiger partial charge in [0.15, 0.2) is 0 Å². The van der Waals surface area contributed by atoms with Crippen LogP contribution in [0.2, 0.25) is 0 Å². The topological polar surface area (TPSA) is 54.4 Å². The minimum atomic E-state index is -1.40. The molecular formula is C7H10O3S. The van der Waals surface area contributed by atoms with Crippen LogP contribution in [0.1, 0.15) is 13.8 Å². The number of carboxylic acid groups (broad SMARTS) is 1. The molecule has 0 amide bonds. The van der Waals surface area contributed by atoms with Crippen LogP contribution in [0, 0.1) is 0 Å². The van der Waals surface area contributed by atoms with Crippen molar-refractivity contribution in [3.05, 3.63) is 11.0 Å². The highest BCUT2D eigenvalue weighted by molar-refractivity contribution is 8.03. The molecule has 0 aromatic rings. The van der Waals surface area contributed by atoms with E-state index in [2.05, 4.69) is 0 Å². The summed E-state index contributed by atoms with van der Waals surface area (Å²) in [5.74, 6) is -1.42. The molecule has 0 rings (SSSR count). The Morgan fingerprint density at radius 3 is 2.45 bits per heavy atom. The fourth-order valence-electron chi connectivity index (χ4n) is 0.516. The molecule has 1 N–H and O–H groups in total. The summed E-state index contributed by atoms with van der Waals surface area (Å²) >= 11 is 1.45. The van der Waals surface area contributed by atoms with Crippen LogP contribution in [0.4, 0.5) is 0 Å². The van der Waals surface area contributed by atoms with Gasteiger partial charge in [-0.3, -0.25) is 4.79 Å². The van der Waals surface area contributed by atoms with Gasteiger partial charge in [0, 0.05) is 6.08 Å². The average Bonchev–Trinajstić information content (AvgIpc) is 1.87. The Bertz CT molecular complexity index is 196. The number of ketones is 1. The first kappa shape index (κ1) is 10.2. The van der Waals surface area contributed by atoms with E-state index < -0.39 is 11.8 Å². The van der Waals surface area contributed by atoms with Gasteiger partial charge in [-0.25, -0.2) is 4.79 Å². The third-order valence-electron chi connectivity index (χ3n) is 0.917. The summed E-state index contributed by atoms with van der Waals surface area (Å²) < 4.78 is 0. The zero-order valence-electron chi connectivity index (χ0n) is 6.46. The molecule has 0 aliphatic carbocycles. The van der Waals surface area contributed by atoms with Crippen molar-refractivity contribution in [3.63, 3.8) is 0 Å². The molecule has 62 valence electrons. The molecule has 0 atom stereocenters. The molecule has 0 bridgehead atoms. The minimum Gasteiger partial charge on any atom is -0.475 e. The van der Waals surface area contributed by atoms with E-state index in [4.69, 9.17) is 5.11 Å². The van der Waals surface area contributed by atoms with E-state index in [0.717, 1.165) is 16.7 Å². The van der Waals surface area contributed by atoms with Crippen molar-refractivity contribution in [2.45, 2.75) is 13.8 Å². The number of hydrogen-bond donors (Lipinski definition) is 1. The number of allylic oxidation sites excluding steroid dienone is 1. The smallest absolute Gasteiger partial charge is 0.376 e. The van der Waals surface area contributed by atoms with Crippen LogP contribution in [-0.4, -0.2) is 22.6 Å². The SMILES string of the molecule is CCS/C(C)=C/C(=O)C(=O)O. The van der Waals surface area contributed by atoms with E-state index in [1.165, 1.54) is 11.8 Å². The molecule has 0 radical (unpaired) electrons. The second kappa shape index (κ2) is 4.96. The summed E-state index contributed by atoms with van der Waals surface area (Å²) in [7, 11) is 0. The summed E-state index contributed by atoms with van der Waals surface area (Å²) in [5.41, 5.74) is 0. The lowest BCUT2D eigenvalue weighted by atomic mass is 10.4. The lowest BCUT2D eigenvalue weighted by molar-refractivity contribution is -0.146. The number of aliphatic carboxylic acids is 1. The third-order valence-corrected chi connectivity index (χ3v) is 1.78. The van der Waals surface area contributed by atoms with Crippen molar-refractivity contribution in [1.29, 1.82) is 0 Å². The molecular weight excluding hydrogens is 164 g/mol. The van der Waals surface area contributed by atoms with Gasteiger partial charge in [-0.05, 0) is 17.6 Å². The number of rotatable bonds is 4. The lowest BCUT2D eigenvalue weighted by Crippen LogP contribution is -2.08. The maximum absolute atomic E-state index is 10.5. The molecule has 0 heterocycles. The van der Waals surface area contributed by atoms with Crippen molar-refractivity contribution in [1.82, 2.24) is 0 Å². The number of carbonyl (C=O) groups excluding carboxylic acids is 1. The largest absolute Gasteiger partial charge is 0.475 e. The van der Waals surface area contributed by atoms with Gasteiger partial charge in [-0.1, -0.05) is 6.92 Å². The maximum atomic E-state index is 10.5. The van der Waals surface area contributed by atoms with E-state index in [1.54, 1.807) is 6.92 Å². The van der Waals surface area contributed by atoms with Gasteiger partial charge < -0.3 is 5.11 Å². The second-order valence-corrected chi connectivity index (χ2v) is 3.37. The molecule has 3 nitrogen and oxygen atoms in total. The second-order valence-electron chi connectivity index (χ2n) is 1.86. The summed E-state index contributed by atoms with van der Waals surface area (Å²) in [6.45, 7) is 3.66. The molecule has 0 unspecified atom stereocenters. The third kappa shape index (κ3) is 4.61. The van der Waals surface area contributed by atoms with Gasteiger partial charge in [0.25, 0.3) is 5.78 Å². The molecule has 0 aromatic heterocycles. The molecule has 0 aliphatic heterocycles. The first-order valence-electron chi connectivity index (χ1n) is 3.16. The number of hydrogen-bond acceptors (Lipinski definition) is 3. The van der Waals surface area contributed by atoms with E-state index in [9.17, 15) is 9.59 Å². The highest BCUT2D eigenvalue weighted by Gasteiger charge is 2.06. The predicted octanol–water partition coefficient (Wildman–Crippen LogP) is 1.30. The molecule has 0 saturated heterocycles. The van der Waals surface area contributed by atoms with Crippen molar-refractivity contribution in [2.24, 2.45) is 0 Å². The van der Waals surface area contributed by atoms with Crippen molar-refractivity contribution in [2.75, 3.05) is 5.75 Å². The molecule has 4 heteroatoms. The summed E-state index contributed by atoms with van der Waals surface area (Å²) in [4.78, 5) is 21.3. The van der Waals surface area contributed by atoms with Crippen LogP contribution in [0.5, 0.6) is 0 Å². The Balaban J connectivity index is 4.08. The van der Waals surface area contributed by atoms with E-state index >= 15 is 0 Å². The monoisotopic (exact) mass is 174 g/mol. The highest BCUT2D eigenvalue weighted by Crippen LogP contribution is 2.12. The van der Waals surface area contributed by atoms with E-state index in [-0.39, 0.29) is 0 Å². The quantitative estimate of drug-likeness (QED) is 0.515. The molecule has 11 heavy (non-hydrogen) atoms. The van der Waals surface area contributed by atoms with Gasteiger partial charge in [0.2, 0.25) is 0 Å². The molecule has 0 aliphatic rings. The van der Waals surface area contributed by atoms with Crippen LogP contribution in [-0.2, 0) is 9.59 Å². The van der Waals surface area contributed by atoms with Crippen LogP contribution in [0.25, 0.3) is 0 Å². The molecule has 0 aromatic carbocycles. The maximum Gasteiger partial charge on any atom is 0.376 e. The first-order valence-corrected chi connectivity index (χ1v) is 4.14. The van der Waals surface area contributed by atoms with Gasteiger partial charge in [0.05, 0.1) is 0 Å². The Labute approximate surface area is 69.5 Å². The zero-order valence-corrected chi connectivity index (χ0v) is 7.27. The fraction of sp³-hybridized carbons (Fsp3) is 0.429. The zero-order chi connectivity index (χ0) is 8.85. The van der Waals surface area contributed by atoms with Crippen LogP contribution in [0.3, 0.4) is 0 Å². The molecule has 0 fully saturated rings. The van der Waals surface area contributed by atoms with E-state index in [1.807, 2.05) is 6.92 Å². The van der Waals surface area contributed by atoms with Gasteiger partial charge in [-0.2, -0.15) is 0 Å². The van der Waals surface area contributed by atoms with Crippen molar-refractivity contribution < 1.29 is 14.7 Å². The van der Waals surface area contributed by atoms with Crippen molar-refractivity contribution in [3.8, 4) is 0 Å².